The molecule has 32 heavy (non-hydrogen) atoms. The van der Waals surface area contributed by atoms with E-state index in [1.165, 1.54) is 37.4 Å². The van der Waals surface area contributed by atoms with Crippen LogP contribution in [0.4, 0.5) is 11.4 Å². The molecule has 0 aliphatic carbocycles. The van der Waals surface area contributed by atoms with E-state index < -0.39 is 15.9 Å². The van der Waals surface area contributed by atoms with Crippen LogP contribution in [-0.2, 0) is 10.0 Å². The summed E-state index contributed by atoms with van der Waals surface area (Å²) in [5.41, 5.74) is 0.846. The lowest BCUT2D eigenvalue weighted by Gasteiger charge is -2.20. The van der Waals surface area contributed by atoms with Gasteiger partial charge >= 0.3 is 0 Å². The van der Waals surface area contributed by atoms with Crippen molar-refractivity contribution < 1.29 is 27.4 Å². The van der Waals surface area contributed by atoms with Gasteiger partial charge in [0, 0.05) is 11.3 Å². The summed E-state index contributed by atoms with van der Waals surface area (Å²) in [7, 11) is -2.47. The summed E-state index contributed by atoms with van der Waals surface area (Å²) in [5, 5.41) is 2.93. The quantitative estimate of drug-likeness (QED) is 0.555. The van der Waals surface area contributed by atoms with Gasteiger partial charge in [0.2, 0.25) is 0 Å². The van der Waals surface area contributed by atoms with Crippen LogP contribution in [0.3, 0.4) is 0 Å². The van der Waals surface area contributed by atoms with Crippen molar-refractivity contribution in [2.45, 2.75) is 4.90 Å². The summed E-state index contributed by atoms with van der Waals surface area (Å²) in [5.74, 6) is 0.684. The highest BCUT2D eigenvalue weighted by Crippen LogP contribution is 2.38. The van der Waals surface area contributed by atoms with E-state index in [-0.39, 0.29) is 15.5 Å². The first-order chi connectivity index (χ1) is 15.4. The molecule has 0 spiro atoms. The first-order valence-corrected chi connectivity index (χ1v) is 11.4. The summed E-state index contributed by atoms with van der Waals surface area (Å²) in [6.45, 7) is 0.732. The number of halogens is 1. The van der Waals surface area contributed by atoms with E-state index in [4.69, 9.17) is 25.8 Å². The third-order valence-corrected chi connectivity index (χ3v) is 6.26. The molecule has 0 saturated carbocycles. The first-order valence-electron chi connectivity index (χ1n) is 9.54. The van der Waals surface area contributed by atoms with Crippen LogP contribution in [0, 0.1) is 0 Å². The summed E-state index contributed by atoms with van der Waals surface area (Å²) in [6, 6.07) is 15.5. The van der Waals surface area contributed by atoms with Gasteiger partial charge in [0.25, 0.3) is 15.9 Å². The first kappa shape index (κ1) is 21.8. The topological polar surface area (TPSA) is 103 Å². The summed E-state index contributed by atoms with van der Waals surface area (Å²) in [6.07, 6.45) is 0. The van der Waals surface area contributed by atoms with Gasteiger partial charge in [-0.05, 0) is 42.5 Å². The number of para-hydroxylation sites is 2. The number of fused-ring (bicyclic) bond motifs is 1. The minimum absolute atomic E-state index is 0.0265. The van der Waals surface area contributed by atoms with Crippen molar-refractivity contribution in [1.29, 1.82) is 0 Å². The molecule has 1 aliphatic rings. The van der Waals surface area contributed by atoms with Crippen molar-refractivity contribution in [2.24, 2.45) is 0 Å². The normalized spacial score (nSPS) is 12.7. The van der Waals surface area contributed by atoms with E-state index >= 15 is 0 Å². The number of carbonyl (C=O) groups is 1. The standard InChI is InChI=1S/C22H19ClN2O6S/c1-29-19-8-3-2-7-18(19)25-32(27,28)16-6-4-5-15(13-16)24-22(26)14-11-17(23)21-20(12-14)30-9-10-31-21/h2-8,11-13,25H,9-10H2,1H3,(H,24,26). The molecule has 3 aromatic rings. The Morgan fingerprint density at radius 1 is 1.03 bits per heavy atom. The van der Waals surface area contributed by atoms with E-state index in [2.05, 4.69) is 10.0 Å². The second kappa shape index (κ2) is 8.97. The molecule has 1 heterocycles. The number of benzene rings is 3. The van der Waals surface area contributed by atoms with Gasteiger partial charge in [-0.3, -0.25) is 9.52 Å². The van der Waals surface area contributed by atoms with Crippen molar-refractivity contribution in [1.82, 2.24) is 0 Å². The van der Waals surface area contributed by atoms with Crippen LogP contribution in [0.5, 0.6) is 17.2 Å². The molecule has 10 heteroatoms. The average molecular weight is 475 g/mol. The SMILES string of the molecule is COc1ccccc1NS(=O)(=O)c1cccc(NC(=O)c2cc(Cl)c3c(c2)OCCO3)c1. The van der Waals surface area contributed by atoms with E-state index in [0.717, 1.165) is 0 Å². The van der Waals surface area contributed by atoms with Gasteiger partial charge in [0.15, 0.2) is 11.5 Å². The number of rotatable bonds is 6. The van der Waals surface area contributed by atoms with E-state index in [9.17, 15) is 13.2 Å². The molecule has 4 rings (SSSR count). The number of ether oxygens (including phenoxy) is 3. The summed E-state index contributed by atoms with van der Waals surface area (Å²) < 4.78 is 44.3. The van der Waals surface area contributed by atoms with Crippen molar-refractivity contribution >= 4 is 38.9 Å². The van der Waals surface area contributed by atoms with Crippen molar-refractivity contribution in [3.8, 4) is 17.2 Å². The molecule has 8 nitrogen and oxygen atoms in total. The van der Waals surface area contributed by atoms with Crippen LogP contribution in [-0.4, -0.2) is 34.6 Å². The zero-order chi connectivity index (χ0) is 22.7. The van der Waals surface area contributed by atoms with Gasteiger partial charge in [0.05, 0.1) is 22.7 Å². The Hall–Kier alpha value is -3.43. The zero-order valence-electron chi connectivity index (χ0n) is 16.9. The highest BCUT2D eigenvalue weighted by Gasteiger charge is 2.21. The molecule has 2 N–H and O–H groups in total. The molecule has 1 amide bonds. The maximum absolute atomic E-state index is 12.9. The molecule has 0 aromatic heterocycles. The van der Waals surface area contributed by atoms with Crippen molar-refractivity contribution in [2.75, 3.05) is 30.4 Å². The van der Waals surface area contributed by atoms with Crippen LogP contribution >= 0.6 is 11.6 Å². The molecule has 0 bridgehead atoms. The van der Waals surface area contributed by atoms with Crippen LogP contribution in [0.25, 0.3) is 0 Å². The fourth-order valence-electron chi connectivity index (χ4n) is 3.12. The lowest BCUT2D eigenvalue weighted by molar-refractivity contribution is 0.102. The lowest BCUT2D eigenvalue weighted by Crippen LogP contribution is -2.18. The molecule has 0 radical (unpaired) electrons. The third-order valence-electron chi connectivity index (χ3n) is 4.61. The smallest absolute Gasteiger partial charge is 0.262 e. The Balaban J connectivity index is 1.55. The number of anilines is 2. The highest BCUT2D eigenvalue weighted by atomic mass is 35.5. The number of hydrogen-bond donors (Lipinski definition) is 2. The Morgan fingerprint density at radius 3 is 2.62 bits per heavy atom. The molecule has 1 aliphatic heterocycles. The molecular weight excluding hydrogens is 456 g/mol. The molecular formula is C22H19ClN2O6S. The molecule has 0 fully saturated rings. The van der Waals surface area contributed by atoms with E-state index in [0.29, 0.717) is 41.8 Å². The minimum Gasteiger partial charge on any atom is -0.495 e. The number of amides is 1. The molecule has 0 saturated heterocycles. The third kappa shape index (κ3) is 4.58. The number of nitrogens with one attached hydrogen (secondary N) is 2. The van der Waals surface area contributed by atoms with Crippen LogP contribution in [0.2, 0.25) is 5.02 Å². The number of sulfonamides is 1. The van der Waals surface area contributed by atoms with Crippen molar-refractivity contribution in [3.63, 3.8) is 0 Å². The maximum Gasteiger partial charge on any atom is 0.262 e. The molecule has 0 atom stereocenters. The van der Waals surface area contributed by atoms with Crippen LogP contribution < -0.4 is 24.2 Å². The van der Waals surface area contributed by atoms with E-state index in [1.54, 1.807) is 30.3 Å². The van der Waals surface area contributed by atoms with Gasteiger partial charge in [0.1, 0.15) is 19.0 Å². The second-order valence-corrected chi connectivity index (χ2v) is 8.86. The fraction of sp³-hybridized carbons (Fsp3) is 0.136. The Labute approximate surface area is 190 Å². The van der Waals surface area contributed by atoms with E-state index in [1.807, 2.05) is 0 Å². The molecule has 3 aromatic carbocycles. The van der Waals surface area contributed by atoms with Gasteiger partial charge in [-0.15, -0.1) is 0 Å². The van der Waals surface area contributed by atoms with Crippen LogP contribution in [0.15, 0.2) is 65.6 Å². The number of hydrogen-bond acceptors (Lipinski definition) is 6. The lowest BCUT2D eigenvalue weighted by atomic mass is 10.1. The number of carbonyl (C=O) groups excluding carboxylic acids is 1. The Morgan fingerprint density at radius 2 is 1.81 bits per heavy atom. The minimum atomic E-state index is -3.93. The Bertz CT molecular complexity index is 1280. The predicted molar refractivity (Wildman–Crippen MR) is 121 cm³/mol. The predicted octanol–water partition coefficient (Wildman–Crippen LogP) is 4.17. The van der Waals surface area contributed by atoms with Gasteiger partial charge < -0.3 is 19.5 Å². The fourth-order valence-corrected chi connectivity index (χ4v) is 4.50. The summed E-state index contributed by atoms with van der Waals surface area (Å²) in [4.78, 5) is 12.7. The van der Waals surface area contributed by atoms with Gasteiger partial charge in [-0.2, -0.15) is 0 Å². The Kier molecular flexibility index (Phi) is 6.11. The van der Waals surface area contributed by atoms with Crippen molar-refractivity contribution in [3.05, 3.63) is 71.2 Å². The monoisotopic (exact) mass is 474 g/mol. The summed E-state index contributed by atoms with van der Waals surface area (Å²) >= 11 is 6.20. The highest BCUT2D eigenvalue weighted by molar-refractivity contribution is 7.92. The second-order valence-electron chi connectivity index (χ2n) is 6.77. The number of methoxy groups -OCH3 is 1. The molecule has 166 valence electrons. The average Bonchev–Trinajstić information content (AvgIpc) is 2.79. The molecule has 0 unspecified atom stereocenters. The largest absolute Gasteiger partial charge is 0.495 e. The van der Waals surface area contributed by atoms with Crippen LogP contribution in [0.1, 0.15) is 10.4 Å². The zero-order valence-corrected chi connectivity index (χ0v) is 18.5. The maximum atomic E-state index is 12.9. The van der Waals surface area contributed by atoms with Gasteiger partial charge in [-0.1, -0.05) is 29.8 Å². The van der Waals surface area contributed by atoms with Gasteiger partial charge in [-0.25, -0.2) is 8.42 Å².